The summed E-state index contributed by atoms with van der Waals surface area (Å²) in [6.45, 7) is 5.71. The molecule has 0 aromatic rings. The van der Waals surface area contributed by atoms with E-state index in [1.165, 1.54) is 7.05 Å². The Morgan fingerprint density at radius 2 is 1.81 bits per heavy atom. The van der Waals surface area contributed by atoms with Crippen LogP contribution in [0.1, 0.15) is 27.2 Å². The number of ether oxygens (including phenoxy) is 1. The smallest absolute Gasteiger partial charge is 0.425 e. The van der Waals surface area contributed by atoms with E-state index in [4.69, 9.17) is 4.74 Å². The number of nitrogens with zero attached hydrogens (tertiary/aromatic N) is 2. The third-order valence-corrected chi connectivity index (χ3v) is 3.96. The highest BCUT2D eigenvalue weighted by Crippen LogP contribution is 2.18. The summed E-state index contributed by atoms with van der Waals surface area (Å²) in [5, 5.41) is 0. The van der Waals surface area contributed by atoms with Gasteiger partial charge < -0.3 is 4.74 Å². The fraction of sp³-hybridized carbons (Fsp3) is 0.889. The molecule has 1 heterocycles. The molecule has 0 atom stereocenters. The van der Waals surface area contributed by atoms with Crippen molar-refractivity contribution < 1.29 is 17.9 Å². The first-order valence-electron chi connectivity index (χ1n) is 5.11. The largest absolute Gasteiger partial charge is 0.443 e. The van der Waals surface area contributed by atoms with Gasteiger partial charge in [0.25, 0.3) is 0 Å². The van der Waals surface area contributed by atoms with Gasteiger partial charge in [0.15, 0.2) is 0 Å². The molecule has 1 rings (SSSR count). The molecule has 0 unspecified atom stereocenters. The van der Waals surface area contributed by atoms with Gasteiger partial charge in [-0.3, -0.25) is 0 Å². The summed E-state index contributed by atoms with van der Waals surface area (Å²) in [5.41, 5.74) is -0.692. The predicted octanol–water partition coefficient (Wildman–Crippen LogP) is 0.804. The molecule has 0 N–H and O–H groups in total. The molecule has 1 saturated heterocycles. The predicted molar refractivity (Wildman–Crippen MR) is 59.1 cm³/mol. The SMILES string of the molecule is CN1CCCN(C(=O)OC(C)(C)C)S1(=O)=O. The van der Waals surface area contributed by atoms with Gasteiger partial charge in [0.1, 0.15) is 5.60 Å². The van der Waals surface area contributed by atoms with Gasteiger partial charge in [0.2, 0.25) is 0 Å². The summed E-state index contributed by atoms with van der Waals surface area (Å²) in [6, 6.07) is 0. The van der Waals surface area contributed by atoms with E-state index in [2.05, 4.69) is 0 Å². The minimum absolute atomic E-state index is 0.182. The van der Waals surface area contributed by atoms with Gasteiger partial charge in [0, 0.05) is 20.1 Å². The van der Waals surface area contributed by atoms with E-state index < -0.39 is 21.9 Å². The quantitative estimate of drug-likeness (QED) is 0.638. The van der Waals surface area contributed by atoms with Crippen molar-refractivity contribution in [3.63, 3.8) is 0 Å². The second-order valence-electron chi connectivity index (χ2n) is 4.74. The minimum Gasteiger partial charge on any atom is -0.443 e. The first-order chi connectivity index (χ1) is 7.14. The summed E-state index contributed by atoms with van der Waals surface area (Å²) in [7, 11) is -2.23. The van der Waals surface area contributed by atoms with Crippen LogP contribution in [0.2, 0.25) is 0 Å². The molecule has 1 amide bonds. The van der Waals surface area contributed by atoms with Crippen LogP contribution >= 0.6 is 0 Å². The second-order valence-corrected chi connectivity index (χ2v) is 6.70. The average Bonchev–Trinajstić information content (AvgIpc) is 2.06. The highest BCUT2D eigenvalue weighted by atomic mass is 32.2. The number of amides is 1. The van der Waals surface area contributed by atoms with Gasteiger partial charge in [-0.15, -0.1) is 0 Å². The molecule has 0 aromatic carbocycles. The summed E-state index contributed by atoms with van der Waals surface area (Å²) < 4.78 is 30.6. The van der Waals surface area contributed by atoms with Crippen molar-refractivity contribution in [1.82, 2.24) is 8.61 Å². The van der Waals surface area contributed by atoms with Crippen molar-refractivity contribution in [2.75, 3.05) is 20.1 Å². The third kappa shape index (κ3) is 2.85. The molecule has 7 heteroatoms. The normalized spacial score (nSPS) is 21.9. The van der Waals surface area contributed by atoms with E-state index >= 15 is 0 Å². The summed E-state index contributed by atoms with van der Waals surface area (Å²) >= 11 is 0. The van der Waals surface area contributed by atoms with Crippen molar-refractivity contribution >= 4 is 16.3 Å². The third-order valence-electron chi connectivity index (χ3n) is 2.10. The van der Waals surface area contributed by atoms with Crippen LogP contribution in [0.25, 0.3) is 0 Å². The molecule has 1 aliphatic rings. The monoisotopic (exact) mass is 250 g/mol. The molecule has 0 aliphatic carbocycles. The van der Waals surface area contributed by atoms with Crippen LogP contribution < -0.4 is 0 Å². The molecule has 1 aliphatic heterocycles. The van der Waals surface area contributed by atoms with E-state index in [0.717, 1.165) is 8.61 Å². The molecule has 0 spiro atoms. The zero-order valence-electron chi connectivity index (χ0n) is 10.1. The maximum absolute atomic E-state index is 11.8. The van der Waals surface area contributed by atoms with Crippen molar-refractivity contribution in [3.8, 4) is 0 Å². The zero-order chi connectivity index (χ0) is 12.6. The summed E-state index contributed by atoms with van der Waals surface area (Å²) in [4.78, 5) is 11.7. The molecule has 0 radical (unpaired) electrons. The van der Waals surface area contributed by atoms with Gasteiger partial charge in [-0.25, -0.2) is 4.79 Å². The lowest BCUT2D eigenvalue weighted by atomic mass is 10.2. The van der Waals surface area contributed by atoms with E-state index in [-0.39, 0.29) is 6.54 Å². The van der Waals surface area contributed by atoms with Crippen LogP contribution in [0.3, 0.4) is 0 Å². The Morgan fingerprint density at radius 1 is 1.25 bits per heavy atom. The Bertz CT molecular complexity index is 371. The van der Waals surface area contributed by atoms with Gasteiger partial charge >= 0.3 is 16.3 Å². The number of hydrogen-bond acceptors (Lipinski definition) is 4. The zero-order valence-corrected chi connectivity index (χ0v) is 10.9. The minimum atomic E-state index is -3.68. The Kier molecular flexibility index (Phi) is 3.49. The molecule has 6 nitrogen and oxygen atoms in total. The van der Waals surface area contributed by atoms with Crippen LogP contribution in [0.15, 0.2) is 0 Å². The number of carbonyl (C=O) groups excluding carboxylic acids is 1. The first kappa shape index (κ1) is 13.2. The fourth-order valence-corrected chi connectivity index (χ4v) is 2.62. The lowest BCUT2D eigenvalue weighted by Gasteiger charge is -2.33. The number of hydrogen-bond donors (Lipinski definition) is 0. The maximum Gasteiger partial charge on any atom is 0.425 e. The highest BCUT2D eigenvalue weighted by molar-refractivity contribution is 7.87. The molecule has 0 bridgehead atoms. The van der Waals surface area contributed by atoms with Gasteiger partial charge in [-0.05, 0) is 27.2 Å². The summed E-state index contributed by atoms with van der Waals surface area (Å²) in [5.74, 6) is 0. The van der Waals surface area contributed by atoms with Crippen LogP contribution in [-0.2, 0) is 14.9 Å². The van der Waals surface area contributed by atoms with Gasteiger partial charge in [-0.2, -0.15) is 17.0 Å². The van der Waals surface area contributed by atoms with Crippen LogP contribution in [0, 0.1) is 0 Å². The van der Waals surface area contributed by atoms with Gasteiger partial charge in [-0.1, -0.05) is 0 Å². The topological polar surface area (TPSA) is 66.9 Å². The van der Waals surface area contributed by atoms with Crippen molar-refractivity contribution in [2.45, 2.75) is 32.8 Å². The molecule has 0 aromatic heterocycles. The number of rotatable bonds is 0. The summed E-state index contributed by atoms with van der Waals surface area (Å²) in [6.07, 6.45) is -0.186. The lowest BCUT2D eigenvalue weighted by molar-refractivity contribution is 0.0367. The van der Waals surface area contributed by atoms with E-state index in [9.17, 15) is 13.2 Å². The fourth-order valence-electron chi connectivity index (χ4n) is 1.33. The van der Waals surface area contributed by atoms with Crippen molar-refractivity contribution in [2.24, 2.45) is 0 Å². The molecule has 94 valence electrons. The van der Waals surface area contributed by atoms with Crippen molar-refractivity contribution in [3.05, 3.63) is 0 Å². The lowest BCUT2D eigenvalue weighted by Crippen LogP contribution is -2.51. The Labute approximate surface area is 96.3 Å². The second kappa shape index (κ2) is 4.21. The Balaban J connectivity index is 2.84. The Morgan fingerprint density at radius 3 is 2.31 bits per heavy atom. The molecule has 1 fully saturated rings. The van der Waals surface area contributed by atoms with Gasteiger partial charge in [0.05, 0.1) is 0 Å². The van der Waals surface area contributed by atoms with Crippen LogP contribution in [0.4, 0.5) is 4.79 Å². The molecule has 16 heavy (non-hydrogen) atoms. The van der Waals surface area contributed by atoms with Crippen molar-refractivity contribution in [1.29, 1.82) is 0 Å². The molecular weight excluding hydrogens is 232 g/mol. The first-order valence-corrected chi connectivity index (χ1v) is 6.51. The van der Waals surface area contributed by atoms with Crippen LogP contribution in [0.5, 0.6) is 0 Å². The Hall–Kier alpha value is -0.820. The molecular formula is C9H18N2O4S. The standard InChI is InChI=1S/C9H18N2O4S/c1-9(2,3)15-8(12)11-7-5-6-10(4)16(11,13)14/h5-7H2,1-4H3. The molecule has 0 saturated carbocycles. The van der Waals surface area contributed by atoms with E-state index in [1.54, 1.807) is 20.8 Å². The van der Waals surface area contributed by atoms with E-state index in [1.807, 2.05) is 0 Å². The maximum atomic E-state index is 11.8. The van der Waals surface area contributed by atoms with Crippen LogP contribution in [-0.4, -0.2) is 48.9 Å². The highest BCUT2D eigenvalue weighted by Gasteiger charge is 2.37. The van der Waals surface area contributed by atoms with E-state index in [0.29, 0.717) is 13.0 Å². The number of carbonyl (C=O) groups is 1. The average molecular weight is 250 g/mol.